The number of carbonyl (C=O) groups is 1. The van der Waals surface area contributed by atoms with Gasteiger partial charge < -0.3 is 0 Å². The molecule has 3 rings (SSSR count). The normalized spacial score (nSPS) is 12.1. The minimum Gasteiger partial charge on any atom is -0.296 e. The highest BCUT2D eigenvalue weighted by molar-refractivity contribution is 7.15. The molecule has 8 heteroatoms. The van der Waals surface area contributed by atoms with E-state index in [1.807, 2.05) is 18.2 Å². The van der Waals surface area contributed by atoms with Gasteiger partial charge in [-0.05, 0) is 12.5 Å². The zero-order valence-electron chi connectivity index (χ0n) is 13.5. The molecular formula is C16H18N6OS. The van der Waals surface area contributed by atoms with Crippen molar-refractivity contribution in [3.63, 3.8) is 0 Å². The lowest BCUT2D eigenvalue weighted by Crippen LogP contribution is -2.13. The van der Waals surface area contributed by atoms with Gasteiger partial charge in [-0.1, -0.05) is 49.8 Å². The van der Waals surface area contributed by atoms with Crippen LogP contribution in [0.4, 0.5) is 5.13 Å². The second-order valence-electron chi connectivity index (χ2n) is 5.47. The maximum Gasteiger partial charge on any atom is 0.258 e. The number of anilines is 1. The molecule has 0 bridgehead atoms. The summed E-state index contributed by atoms with van der Waals surface area (Å²) in [6, 6.07) is 7.23. The second-order valence-corrected chi connectivity index (χ2v) is 6.48. The third kappa shape index (κ3) is 3.48. The summed E-state index contributed by atoms with van der Waals surface area (Å²) in [7, 11) is 0. The van der Waals surface area contributed by atoms with E-state index >= 15 is 0 Å². The van der Waals surface area contributed by atoms with Crippen LogP contribution >= 0.6 is 11.3 Å². The highest BCUT2D eigenvalue weighted by Crippen LogP contribution is 2.27. The largest absolute Gasteiger partial charge is 0.296 e. The predicted molar refractivity (Wildman–Crippen MR) is 93.0 cm³/mol. The van der Waals surface area contributed by atoms with Crippen LogP contribution in [0.5, 0.6) is 0 Å². The maximum atomic E-state index is 12.6. The van der Waals surface area contributed by atoms with E-state index in [1.54, 1.807) is 6.07 Å². The van der Waals surface area contributed by atoms with Crippen molar-refractivity contribution in [3.05, 3.63) is 41.2 Å². The van der Waals surface area contributed by atoms with Crippen molar-refractivity contribution in [1.82, 2.24) is 25.4 Å². The molecule has 7 nitrogen and oxygen atoms in total. The minimum absolute atomic E-state index is 0.243. The smallest absolute Gasteiger partial charge is 0.258 e. The Balaban J connectivity index is 1.79. The monoisotopic (exact) mass is 342 g/mol. The van der Waals surface area contributed by atoms with Gasteiger partial charge in [-0.2, -0.15) is 5.10 Å². The molecule has 0 fully saturated rings. The Labute approximate surface area is 143 Å². The van der Waals surface area contributed by atoms with Gasteiger partial charge in [-0.3, -0.25) is 15.2 Å². The van der Waals surface area contributed by atoms with Crippen molar-refractivity contribution in [2.24, 2.45) is 0 Å². The van der Waals surface area contributed by atoms with Crippen LogP contribution in [0.15, 0.2) is 30.6 Å². The summed E-state index contributed by atoms with van der Waals surface area (Å²) in [5, 5.41) is 19.1. The summed E-state index contributed by atoms with van der Waals surface area (Å²) in [5.74, 6) is 0.655. The number of aromatic amines is 1. The van der Waals surface area contributed by atoms with Gasteiger partial charge in [0.15, 0.2) is 5.82 Å². The first-order chi connectivity index (χ1) is 11.7. The number of aromatic nitrogens is 5. The van der Waals surface area contributed by atoms with Crippen LogP contribution < -0.4 is 5.32 Å². The molecule has 3 aromatic rings. The molecule has 2 heterocycles. The van der Waals surface area contributed by atoms with Gasteiger partial charge >= 0.3 is 0 Å². The van der Waals surface area contributed by atoms with E-state index in [0.717, 1.165) is 17.8 Å². The molecule has 0 saturated carbocycles. The molecule has 2 aromatic heterocycles. The van der Waals surface area contributed by atoms with Crippen molar-refractivity contribution in [2.45, 2.75) is 32.6 Å². The predicted octanol–water partition coefficient (Wildman–Crippen LogP) is 3.48. The van der Waals surface area contributed by atoms with Crippen molar-refractivity contribution < 1.29 is 4.79 Å². The summed E-state index contributed by atoms with van der Waals surface area (Å²) < 4.78 is 0. The van der Waals surface area contributed by atoms with Crippen molar-refractivity contribution in [1.29, 1.82) is 0 Å². The highest BCUT2D eigenvalue weighted by Gasteiger charge is 2.17. The van der Waals surface area contributed by atoms with Crippen LogP contribution in [0, 0.1) is 0 Å². The number of hydrogen-bond acceptors (Lipinski definition) is 6. The van der Waals surface area contributed by atoms with Crippen molar-refractivity contribution in [3.8, 4) is 11.4 Å². The van der Waals surface area contributed by atoms with Gasteiger partial charge in [0.1, 0.15) is 11.3 Å². The molecule has 0 saturated heterocycles. The Kier molecular flexibility index (Phi) is 4.95. The third-order valence-electron chi connectivity index (χ3n) is 3.65. The molecule has 124 valence electrons. The second kappa shape index (κ2) is 7.31. The lowest BCUT2D eigenvalue weighted by atomic mass is 10.1. The molecule has 0 spiro atoms. The van der Waals surface area contributed by atoms with Crippen LogP contribution in [0.3, 0.4) is 0 Å². The molecule has 0 unspecified atom stereocenters. The number of hydrogen-bond donors (Lipinski definition) is 2. The molecular weight excluding hydrogens is 324 g/mol. The average molecular weight is 342 g/mol. The summed E-state index contributed by atoms with van der Waals surface area (Å²) in [6.07, 6.45) is 3.56. The Morgan fingerprint density at radius 3 is 2.92 bits per heavy atom. The van der Waals surface area contributed by atoms with E-state index in [9.17, 15) is 4.79 Å². The van der Waals surface area contributed by atoms with Crippen LogP contribution in [0.2, 0.25) is 0 Å². The topological polar surface area (TPSA) is 96.5 Å². The highest BCUT2D eigenvalue weighted by atomic mass is 32.1. The molecule has 24 heavy (non-hydrogen) atoms. The van der Waals surface area contributed by atoms with Crippen LogP contribution in [0.25, 0.3) is 11.4 Å². The van der Waals surface area contributed by atoms with Gasteiger partial charge in [-0.15, -0.1) is 10.2 Å². The van der Waals surface area contributed by atoms with E-state index in [0.29, 0.717) is 28.0 Å². The number of amides is 1. The van der Waals surface area contributed by atoms with Gasteiger partial charge in [-0.25, -0.2) is 4.98 Å². The van der Waals surface area contributed by atoms with E-state index in [1.165, 1.54) is 17.7 Å². The van der Waals surface area contributed by atoms with Gasteiger partial charge in [0, 0.05) is 11.5 Å². The molecule has 2 N–H and O–H groups in total. The Hall–Kier alpha value is -2.61. The molecule has 0 radical (unpaired) electrons. The zero-order valence-corrected chi connectivity index (χ0v) is 14.3. The number of carbonyl (C=O) groups excluding carboxylic acids is 1. The summed E-state index contributed by atoms with van der Waals surface area (Å²) in [4.78, 5) is 16.7. The molecule has 0 aliphatic carbocycles. The summed E-state index contributed by atoms with van der Waals surface area (Å²) in [5.41, 5.74) is 1.20. The number of nitrogens with zero attached hydrogens (tertiary/aromatic N) is 4. The number of H-pyrrole nitrogens is 1. The van der Waals surface area contributed by atoms with Gasteiger partial charge in [0.2, 0.25) is 5.13 Å². The SMILES string of the molecule is CCC[C@@H](C)c1nnc(NC(=O)c2ccccc2-c2ncn[nH]2)s1. The number of benzene rings is 1. The first-order valence-electron chi connectivity index (χ1n) is 7.78. The fraction of sp³-hybridized carbons (Fsp3) is 0.312. The van der Waals surface area contributed by atoms with Crippen molar-refractivity contribution >= 4 is 22.4 Å². The van der Waals surface area contributed by atoms with E-state index in [4.69, 9.17) is 0 Å². The van der Waals surface area contributed by atoms with Crippen LogP contribution in [-0.2, 0) is 0 Å². The van der Waals surface area contributed by atoms with E-state index < -0.39 is 0 Å². The quantitative estimate of drug-likeness (QED) is 0.715. The molecule has 0 aliphatic rings. The van der Waals surface area contributed by atoms with Gasteiger partial charge in [0.05, 0.1) is 5.56 Å². The fourth-order valence-electron chi connectivity index (χ4n) is 2.43. The maximum absolute atomic E-state index is 12.6. The first kappa shape index (κ1) is 16.3. The molecule has 0 aliphatic heterocycles. The minimum atomic E-state index is -0.243. The molecule has 1 aromatic carbocycles. The first-order valence-corrected chi connectivity index (χ1v) is 8.60. The Morgan fingerprint density at radius 1 is 1.33 bits per heavy atom. The molecule has 1 amide bonds. The average Bonchev–Trinajstić information content (AvgIpc) is 3.27. The van der Waals surface area contributed by atoms with E-state index in [2.05, 4.69) is 44.5 Å². The Bertz CT molecular complexity index is 814. The van der Waals surface area contributed by atoms with Crippen molar-refractivity contribution in [2.75, 3.05) is 5.32 Å². The fourth-order valence-corrected chi connectivity index (χ4v) is 3.25. The summed E-state index contributed by atoms with van der Waals surface area (Å²) in [6.45, 7) is 4.26. The van der Waals surface area contributed by atoms with Gasteiger partial charge in [0.25, 0.3) is 5.91 Å². The zero-order chi connectivity index (χ0) is 16.9. The summed E-state index contributed by atoms with van der Waals surface area (Å²) >= 11 is 1.42. The lowest BCUT2D eigenvalue weighted by Gasteiger charge is -2.06. The third-order valence-corrected chi connectivity index (χ3v) is 4.72. The number of rotatable bonds is 6. The van der Waals surface area contributed by atoms with Crippen LogP contribution in [0.1, 0.15) is 48.0 Å². The van der Waals surface area contributed by atoms with E-state index in [-0.39, 0.29) is 5.91 Å². The lowest BCUT2D eigenvalue weighted by molar-refractivity contribution is 0.102. The standard InChI is InChI=1S/C16H18N6OS/c1-3-6-10(2)15-21-22-16(24-15)19-14(23)12-8-5-4-7-11(12)13-17-9-18-20-13/h4-5,7-10H,3,6H2,1-2H3,(H,17,18,20)(H,19,22,23)/t10-/m1/s1. The Morgan fingerprint density at radius 2 is 2.17 bits per heavy atom. The molecule has 1 atom stereocenters. The van der Waals surface area contributed by atoms with Crippen LogP contribution in [-0.4, -0.2) is 31.3 Å². The number of nitrogens with one attached hydrogen (secondary N) is 2.